The molecule has 0 atom stereocenters. The van der Waals surface area contributed by atoms with Gasteiger partial charge in [-0.15, -0.1) is 12.4 Å². The van der Waals surface area contributed by atoms with Crippen molar-refractivity contribution in [1.82, 2.24) is 5.32 Å². The number of carbonyl (C=O) groups is 1. The zero-order chi connectivity index (χ0) is 14.4. The molecule has 3 nitrogen and oxygen atoms in total. The van der Waals surface area contributed by atoms with Crippen LogP contribution in [0.1, 0.15) is 48.5 Å². The number of amides is 1. The Balaban J connectivity index is 0.00000220. The minimum Gasteiger partial charge on any atom is -0.345 e. The van der Waals surface area contributed by atoms with Crippen molar-refractivity contribution in [3.8, 4) is 0 Å². The first-order valence-electron chi connectivity index (χ1n) is 7.38. The average molecular weight is 329 g/mol. The molecule has 1 aromatic carbocycles. The molecule has 0 saturated heterocycles. The van der Waals surface area contributed by atoms with E-state index in [0.717, 1.165) is 42.8 Å². The van der Waals surface area contributed by atoms with E-state index in [4.69, 9.17) is 5.73 Å². The van der Waals surface area contributed by atoms with E-state index in [0.29, 0.717) is 6.54 Å². The Labute approximate surface area is 137 Å². The average Bonchev–Trinajstić information content (AvgIpc) is 2.94. The van der Waals surface area contributed by atoms with Gasteiger partial charge < -0.3 is 11.1 Å². The standard InChI is InChI=1S/C16H24N2OS.ClH/c1-2-20-11-13-5-7-14(8-6-13)15(19)18-16(12-17)9-3-4-10-16;/h5-8H,2-4,9-12,17H2,1H3,(H,18,19);1H. The first-order valence-corrected chi connectivity index (χ1v) is 8.54. The van der Waals surface area contributed by atoms with E-state index in [2.05, 4.69) is 12.2 Å². The Morgan fingerprint density at radius 2 is 1.90 bits per heavy atom. The lowest BCUT2D eigenvalue weighted by atomic mass is 9.97. The molecule has 1 aliphatic rings. The van der Waals surface area contributed by atoms with E-state index >= 15 is 0 Å². The molecule has 0 spiro atoms. The molecule has 5 heteroatoms. The van der Waals surface area contributed by atoms with Crippen molar-refractivity contribution >= 4 is 30.1 Å². The van der Waals surface area contributed by atoms with Crippen molar-refractivity contribution in [2.24, 2.45) is 5.73 Å². The minimum absolute atomic E-state index is 0. The minimum atomic E-state index is -0.173. The van der Waals surface area contributed by atoms with Crippen LogP contribution in [0.15, 0.2) is 24.3 Å². The van der Waals surface area contributed by atoms with E-state index in [1.807, 2.05) is 36.0 Å². The van der Waals surface area contributed by atoms with Crippen LogP contribution in [0.2, 0.25) is 0 Å². The van der Waals surface area contributed by atoms with Crippen molar-refractivity contribution in [2.75, 3.05) is 12.3 Å². The molecule has 1 saturated carbocycles. The lowest BCUT2D eigenvalue weighted by Gasteiger charge is -2.28. The van der Waals surface area contributed by atoms with Gasteiger partial charge in [-0.2, -0.15) is 11.8 Å². The van der Waals surface area contributed by atoms with Gasteiger partial charge in [-0.1, -0.05) is 31.9 Å². The summed E-state index contributed by atoms with van der Waals surface area (Å²) >= 11 is 1.89. The second-order valence-corrected chi connectivity index (χ2v) is 6.75. The van der Waals surface area contributed by atoms with E-state index in [1.165, 1.54) is 5.56 Å². The van der Waals surface area contributed by atoms with E-state index in [1.54, 1.807) is 0 Å². The third kappa shape index (κ3) is 4.90. The summed E-state index contributed by atoms with van der Waals surface area (Å²) < 4.78 is 0. The van der Waals surface area contributed by atoms with Crippen LogP contribution in [0.25, 0.3) is 0 Å². The third-order valence-electron chi connectivity index (χ3n) is 4.02. The number of rotatable bonds is 6. The molecular formula is C16H25ClN2OS. The van der Waals surface area contributed by atoms with Gasteiger partial charge in [0.25, 0.3) is 5.91 Å². The highest BCUT2D eigenvalue weighted by atomic mass is 35.5. The lowest BCUT2D eigenvalue weighted by molar-refractivity contribution is 0.0903. The highest BCUT2D eigenvalue weighted by Crippen LogP contribution is 2.29. The van der Waals surface area contributed by atoms with Gasteiger partial charge in [0.15, 0.2) is 0 Å². The normalized spacial score (nSPS) is 16.3. The fraction of sp³-hybridized carbons (Fsp3) is 0.562. The number of carbonyl (C=O) groups excluding carboxylic acids is 1. The summed E-state index contributed by atoms with van der Waals surface area (Å²) in [6, 6.07) is 7.92. The molecule has 2 rings (SSSR count). The van der Waals surface area contributed by atoms with Crippen LogP contribution in [0.5, 0.6) is 0 Å². The van der Waals surface area contributed by atoms with Gasteiger partial charge in [-0.3, -0.25) is 4.79 Å². The molecular weight excluding hydrogens is 304 g/mol. The fourth-order valence-electron chi connectivity index (χ4n) is 2.72. The second kappa shape index (κ2) is 8.66. The molecule has 1 amide bonds. The van der Waals surface area contributed by atoms with Crippen LogP contribution >= 0.6 is 24.2 Å². The third-order valence-corrected chi connectivity index (χ3v) is 4.96. The number of nitrogens with one attached hydrogen (secondary N) is 1. The molecule has 1 aliphatic carbocycles. The quantitative estimate of drug-likeness (QED) is 0.842. The second-order valence-electron chi connectivity index (χ2n) is 5.48. The van der Waals surface area contributed by atoms with Crippen molar-refractivity contribution < 1.29 is 4.79 Å². The molecule has 0 aromatic heterocycles. The van der Waals surface area contributed by atoms with E-state index < -0.39 is 0 Å². The summed E-state index contributed by atoms with van der Waals surface area (Å²) in [6.45, 7) is 2.68. The maximum Gasteiger partial charge on any atom is 0.251 e. The summed E-state index contributed by atoms with van der Waals surface area (Å²) in [5, 5.41) is 3.15. The first kappa shape index (κ1) is 18.3. The Kier molecular flexibility index (Phi) is 7.57. The van der Waals surface area contributed by atoms with Crippen LogP contribution in [0.3, 0.4) is 0 Å². The molecule has 118 valence electrons. The van der Waals surface area contributed by atoms with Gasteiger partial charge in [0.05, 0.1) is 5.54 Å². The van der Waals surface area contributed by atoms with Crippen molar-refractivity contribution in [2.45, 2.75) is 43.9 Å². The van der Waals surface area contributed by atoms with Crippen LogP contribution in [0, 0.1) is 0 Å². The van der Waals surface area contributed by atoms with Crippen molar-refractivity contribution in [3.05, 3.63) is 35.4 Å². The molecule has 0 unspecified atom stereocenters. The fourth-order valence-corrected chi connectivity index (χ4v) is 3.35. The molecule has 0 bridgehead atoms. The first-order chi connectivity index (χ1) is 9.69. The van der Waals surface area contributed by atoms with E-state index in [-0.39, 0.29) is 23.9 Å². The van der Waals surface area contributed by atoms with Gasteiger partial charge in [0.1, 0.15) is 0 Å². The van der Waals surface area contributed by atoms with Crippen molar-refractivity contribution in [3.63, 3.8) is 0 Å². The predicted octanol–water partition coefficient (Wildman–Crippen LogP) is 3.36. The number of hydrogen-bond donors (Lipinski definition) is 2. The lowest BCUT2D eigenvalue weighted by Crippen LogP contribution is -2.51. The SMILES string of the molecule is CCSCc1ccc(C(=O)NC2(CN)CCCC2)cc1.Cl. The highest BCUT2D eigenvalue weighted by molar-refractivity contribution is 7.98. The monoisotopic (exact) mass is 328 g/mol. The molecule has 21 heavy (non-hydrogen) atoms. The molecule has 0 aliphatic heterocycles. The molecule has 0 radical (unpaired) electrons. The molecule has 1 fully saturated rings. The summed E-state index contributed by atoms with van der Waals surface area (Å²) in [5.74, 6) is 2.12. The summed E-state index contributed by atoms with van der Waals surface area (Å²) in [7, 11) is 0. The molecule has 3 N–H and O–H groups in total. The maximum absolute atomic E-state index is 12.3. The topological polar surface area (TPSA) is 55.1 Å². The Hall–Kier alpha value is -0.710. The highest BCUT2D eigenvalue weighted by Gasteiger charge is 2.33. The number of nitrogens with two attached hydrogens (primary N) is 1. The maximum atomic E-state index is 12.3. The molecule has 1 aromatic rings. The van der Waals surface area contributed by atoms with Gasteiger partial charge in [-0.05, 0) is 36.3 Å². The van der Waals surface area contributed by atoms with Crippen LogP contribution in [-0.2, 0) is 5.75 Å². The number of halogens is 1. The van der Waals surface area contributed by atoms with Crippen molar-refractivity contribution in [1.29, 1.82) is 0 Å². The number of benzene rings is 1. The number of thioether (sulfide) groups is 1. The van der Waals surface area contributed by atoms with Gasteiger partial charge in [-0.25, -0.2) is 0 Å². The van der Waals surface area contributed by atoms with Crippen LogP contribution in [0.4, 0.5) is 0 Å². The summed E-state index contributed by atoms with van der Waals surface area (Å²) in [6.07, 6.45) is 4.32. The Morgan fingerprint density at radius 1 is 1.29 bits per heavy atom. The van der Waals surface area contributed by atoms with Gasteiger partial charge in [0, 0.05) is 17.9 Å². The summed E-state index contributed by atoms with van der Waals surface area (Å²) in [4.78, 5) is 12.3. The number of hydrogen-bond acceptors (Lipinski definition) is 3. The van der Waals surface area contributed by atoms with E-state index in [9.17, 15) is 4.79 Å². The smallest absolute Gasteiger partial charge is 0.251 e. The Morgan fingerprint density at radius 3 is 2.43 bits per heavy atom. The van der Waals surface area contributed by atoms with Crippen LogP contribution < -0.4 is 11.1 Å². The Bertz CT molecular complexity index is 444. The predicted molar refractivity (Wildman–Crippen MR) is 93.2 cm³/mol. The summed E-state index contributed by atoms with van der Waals surface area (Å²) in [5.41, 5.74) is 7.68. The zero-order valence-corrected chi connectivity index (χ0v) is 14.2. The zero-order valence-electron chi connectivity index (χ0n) is 12.6. The van der Waals surface area contributed by atoms with Gasteiger partial charge in [0.2, 0.25) is 0 Å². The largest absolute Gasteiger partial charge is 0.345 e. The van der Waals surface area contributed by atoms with Gasteiger partial charge >= 0.3 is 0 Å². The van der Waals surface area contributed by atoms with Crippen LogP contribution in [-0.4, -0.2) is 23.7 Å². The molecule has 0 heterocycles.